The molecule has 0 aliphatic carbocycles. The number of anilines is 1. The van der Waals surface area contributed by atoms with Gasteiger partial charge in [-0.1, -0.05) is 26.2 Å². The number of rotatable bonds is 9. The van der Waals surface area contributed by atoms with Gasteiger partial charge in [0.1, 0.15) is 5.82 Å². The first-order valence-corrected chi connectivity index (χ1v) is 8.31. The molecule has 22 heavy (non-hydrogen) atoms. The zero-order chi connectivity index (χ0) is 16.2. The fourth-order valence-electron chi connectivity index (χ4n) is 2.07. The Hall–Kier alpha value is -1.78. The van der Waals surface area contributed by atoms with Crippen molar-refractivity contribution in [3.8, 4) is 0 Å². The minimum atomic E-state index is 0.660. The van der Waals surface area contributed by atoms with Gasteiger partial charge in [0.25, 0.3) is 0 Å². The monoisotopic (exact) mass is 305 g/mol. The van der Waals surface area contributed by atoms with Crippen molar-refractivity contribution >= 4 is 11.8 Å². The Morgan fingerprint density at radius 1 is 1.18 bits per heavy atom. The van der Waals surface area contributed by atoms with Gasteiger partial charge in [0, 0.05) is 33.4 Å². The van der Waals surface area contributed by atoms with Crippen molar-refractivity contribution in [1.82, 2.24) is 15.6 Å². The van der Waals surface area contributed by atoms with Crippen molar-refractivity contribution in [1.29, 1.82) is 0 Å². The lowest BCUT2D eigenvalue weighted by atomic mass is 10.2. The molecule has 124 valence electrons. The van der Waals surface area contributed by atoms with Crippen LogP contribution < -0.4 is 15.5 Å². The molecule has 0 aliphatic heterocycles. The molecule has 5 heteroatoms. The maximum absolute atomic E-state index is 4.65. The minimum Gasteiger partial charge on any atom is -0.363 e. The van der Waals surface area contributed by atoms with E-state index in [4.69, 9.17) is 0 Å². The number of nitrogens with one attached hydrogen (secondary N) is 2. The molecule has 0 radical (unpaired) electrons. The fraction of sp³-hybridized carbons (Fsp3) is 0.647. The third kappa shape index (κ3) is 7.29. The molecule has 0 atom stereocenters. The SMILES string of the molecule is CCCCCCNC(=NCc1ccnc(N(C)C)c1)NCC. The molecular formula is C17H31N5. The lowest BCUT2D eigenvalue weighted by Gasteiger charge is -2.13. The summed E-state index contributed by atoms with van der Waals surface area (Å²) in [7, 11) is 3.99. The van der Waals surface area contributed by atoms with Crippen LogP contribution in [0, 0.1) is 0 Å². The van der Waals surface area contributed by atoms with Gasteiger partial charge in [-0.15, -0.1) is 0 Å². The summed E-state index contributed by atoms with van der Waals surface area (Å²) in [5, 5.41) is 6.69. The van der Waals surface area contributed by atoms with Crippen molar-refractivity contribution in [3.05, 3.63) is 23.9 Å². The van der Waals surface area contributed by atoms with Crippen molar-refractivity contribution < 1.29 is 0 Å². The predicted octanol–water partition coefficient (Wildman–Crippen LogP) is 2.78. The normalized spacial score (nSPS) is 11.4. The second-order valence-electron chi connectivity index (χ2n) is 5.60. The summed E-state index contributed by atoms with van der Waals surface area (Å²) in [6.45, 7) is 6.83. The molecule has 0 saturated heterocycles. The highest BCUT2D eigenvalue weighted by Crippen LogP contribution is 2.10. The van der Waals surface area contributed by atoms with Gasteiger partial charge in [-0.3, -0.25) is 0 Å². The zero-order valence-electron chi connectivity index (χ0n) is 14.5. The summed E-state index contributed by atoms with van der Waals surface area (Å²) < 4.78 is 0. The van der Waals surface area contributed by atoms with Gasteiger partial charge in [-0.2, -0.15) is 0 Å². The van der Waals surface area contributed by atoms with Crippen LogP contribution in [-0.2, 0) is 6.54 Å². The number of unbranched alkanes of at least 4 members (excludes halogenated alkanes) is 3. The molecule has 0 spiro atoms. The van der Waals surface area contributed by atoms with Crippen LogP contribution in [0.25, 0.3) is 0 Å². The molecule has 1 aromatic rings. The third-order valence-electron chi connectivity index (χ3n) is 3.35. The van der Waals surface area contributed by atoms with Crippen molar-refractivity contribution in [2.45, 2.75) is 46.1 Å². The summed E-state index contributed by atoms with van der Waals surface area (Å²) in [6.07, 6.45) is 6.88. The average molecular weight is 305 g/mol. The van der Waals surface area contributed by atoms with Gasteiger partial charge in [0.2, 0.25) is 0 Å². The van der Waals surface area contributed by atoms with Gasteiger partial charge in [0.05, 0.1) is 6.54 Å². The summed E-state index contributed by atoms with van der Waals surface area (Å²) in [5.41, 5.74) is 1.17. The van der Waals surface area contributed by atoms with Crippen LogP contribution in [-0.4, -0.2) is 38.1 Å². The number of nitrogens with zero attached hydrogens (tertiary/aromatic N) is 3. The van der Waals surface area contributed by atoms with Crippen molar-refractivity contribution in [2.75, 3.05) is 32.1 Å². The van der Waals surface area contributed by atoms with E-state index in [-0.39, 0.29) is 0 Å². The Morgan fingerprint density at radius 2 is 2.00 bits per heavy atom. The number of hydrogen-bond donors (Lipinski definition) is 2. The first-order chi connectivity index (χ1) is 10.7. The molecule has 0 unspecified atom stereocenters. The Balaban J connectivity index is 2.52. The average Bonchev–Trinajstić information content (AvgIpc) is 2.52. The second-order valence-corrected chi connectivity index (χ2v) is 5.60. The van der Waals surface area contributed by atoms with Crippen molar-refractivity contribution in [3.63, 3.8) is 0 Å². The summed E-state index contributed by atoms with van der Waals surface area (Å²) in [6, 6.07) is 4.09. The minimum absolute atomic E-state index is 0.660. The Morgan fingerprint density at radius 3 is 2.68 bits per heavy atom. The number of hydrogen-bond acceptors (Lipinski definition) is 3. The lowest BCUT2D eigenvalue weighted by molar-refractivity contribution is 0.647. The van der Waals surface area contributed by atoms with Crippen LogP contribution in [0.15, 0.2) is 23.3 Å². The summed E-state index contributed by atoms with van der Waals surface area (Å²) in [5.74, 6) is 1.85. The number of aromatic nitrogens is 1. The van der Waals surface area contributed by atoms with E-state index in [0.717, 1.165) is 24.9 Å². The summed E-state index contributed by atoms with van der Waals surface area (Å²) in [4.78, 5) is 11.0. The summed E-state index contributed by atoms with van der Waals surface area (Å²) >= 11 is 0. The highest BCUT2D eigenvalue weighted by molar-refractivity contribution is 5.79. The van der Waals surface area contributed by atoms with Crippen LogP contribution >= 0.6 is 0 Å². The van der Waals surface area contributed by atoms with E-state index < -0.39 is 0 Å². The molecule has 1 aromatic heterocycles. The van der Waals surface area contributed by atoms with E-state index in [9.17, 15) is 0 Å². The van der Waals surface area contributed by atoms with E-state index >= 15 is 0 Å². The van der Waals surface area contributed by atoms with Gasteiger partial charge in [-0.05, 0) is 31.0 Å². The van der Waals surface area contributed by atoms with Crippen LogP contribution in [0.3, 0.4) is 0 Å². The third-order valence-corrected chi connectivity index (χ3v) is 3.35. The first kappa shape index (κ1) is 18.3. The lowest BCUT2D eigenvalue weighted by Crippen LogP contribution is -2.37. The van der Waals surface area contributed by atoms with Gasteiger partial charge < -0.3 is 15.5 Å². The zero-order valence-corrected chi connectivity index (χ0v) is 14.5. The smallest absolute Gasteiger partial charge is 0.191 e. The standard InChI is InChI=1S/C17H31N5/c1-5-7-8-9-11-20-17(18-6-2)21-14-15-10-12-19-16(13-15)22(3)4/h10,12-13H,5-9,11,14H2,1-4H3,(H2,18,20,21). The Kier molecular flexibility index (Phi) is 9.03. The topological polar surface area (TPSA) is 52.6 Å². The highest BCUT2D eigenvalue weighted by Gasteiger charge is 2.00. The van der Waals surface area contributed by atoms with E-state index in [1.807, 2.05) is 31.3 Å². The Bertz CT molecular complexity index is 442. The molecular weight excluding hydrogens is 274 g/mol. The van der Waals surface area contributed by atoms with E-state index in [1.54, 1.807) is 0 Å². The maximum atomic E-state index is 4.65. The molecule has 0 saturated carbocycles. The van der Waals surface area contributed by atoms with Crippen molar-refractivity contribution in [2.24, 2.45) is 4.99 Å². The number of pyridine rings is 1. The molecule has 2 N–H and O–H groups in total. The highest BCUT2D eigenvalue weighted by atomic mass is 15.2. The van der Waals surface area contributed by atoms with Crippen LogP contribution in [0.4, 0.5) is 5.82 Å². The maximum Gasteiger partial charge on any atom is 0.191 e. The number of guanidine groups is 1. The largest absolute Gasteiger partial charge is 0.363 e. The number of aliphatic imine (C=N–C) groups is 1. The Labute approximate surface area is 135 Å². The fourth-order valence-corrected chi connectivity index (χ4v) is 2.07. The van der Waals surface area contributed by atoms with Gasteiger partial charge >= 0.3 is 0 Å². The predicted molar refractivity (Wildman–Crippen MR) is 95.5 cm³/mol. The van der Waals surface area contributed by atoms with E-state index in [0.29, 0.717) is 6.54 Å². The van der Waals surface area contributed by atoms with E-state index in [2.05, 4.69) is 40.5 Å². The van der Waals surface area contributed by atoms with Gasteiger partial charge in [-0.25, -0.2) is 9.98 Å². The quantitative estimate of drug-likeness (QED) is 0.418. The second kappa shape index (κ2) is 10.9. The molecule has 1 heterocycles. The van der Waals surface area contributed by atoms with Crippen LogP contribution in [0.2, 0.25) is 0 Å². The molecule has 0 amide bonds. The molecule has 0 aliphatic rings. The van der Waals surface area contributed by atoms with Crippen LogP contribution in [0.1, 0.15) is 45.1 Å². The molecule has 0 bridgehead atoms. The van der Waals surface area contributed by atoms with E-state index in [1.165, 1.54) is 31.2 Å². The molecule has 5 nitrogen and oxygen atoms in total. The molecule has 1 rings (SSSR count). The van der Waals surface area contributed by atoms with Gasteiger partial charge in [0.15, 0.2) is 5.96 Å². The van der Waals surface area contributed by atoms with Crippen LogP contribution in [0.5, 0.6) is 0 Å². The first-order valence-electron chi connectivity index (χ1n) is 8.31. The molecule has 0 fully saturated rings. The molecule has 0 aromatic carbocycles.